The molecule has 5 nitrogen and oxygen atoms in total. The molecule has 7 heteroatoms. The second-order valence-corrected chi connectivity index (χ2v) is 8.05. The zero-order valence-corrected chi connectivity index (χ0v) is 14.5. The largest absolute Gasteiger partial charge is 0.478 e. The standard InChI is InChI=1S/C17H16ClNO4S/c1-24(22,23)19(16-5-3-2-4-14(16)18)15-9-8-11-6-7-12(17(20)21)10-13(11)15/h2-7,10,15H,8-9H2,1H3,(H,20,21). The van der Waals surface area contributed by atoms with Crippen molar-refractivity contribution in [1.82, 2.24) is 0 Å². The predicted octanol–water partition coefficient (Wildman–Crippen LogP) is 3.49. The van der Waals surface area contributed by atoms with Crippen LogP contribution in [0.15, 0.2) is 42.5 Å². The van der Waals surface area contributed by atoms with Crippen molar-refractivity contribution in [3.63, 3.8) is 0 Å². The van der Waals surface area contributed by atoms with Crippen LogP contribution in [0.1, 0.15) is 33.9 Å². The summed E-state index contributed by atoms with van der Waals surface area (Å²) >= 11 is 6.21. The Morgan fingerprint density at radius 3 is 2.58 bits per heavy atom. The van der Waals surface area contributed by atoms with Gasteiger partial charge in [-0.3, -0.25) is 4.31 Å². The molecule has 1 atom stereocenters. The number of fused-ring (bicyclic) bond motifs is 1. The molecule has 2 aromatic carbocycles. The highest BCUT2D eigenvalue weighted by atomic mass is 35.5. The molecule has 0 aromatic heterocycles. The fraction of sp³-hybridized carbons (Fsp3) is 0.235. The number of halogens is 1. The Kier molecular flexibility index (Phi) is 4.27. The van der Waals surface area contributed by atoms with Gasteiger partial charge in [-0.05, 0) is 48.2 Å². The van der Waals surface area contributed by atoms with E-state index in [0.29, 0.717) is 23.6 Å². The van der Waals surface area contributed by atoms with Gasteiger partial charge in [0.25, 0.3) is 0 Å². The van der Waals surface area contributed by atoms with E-state index in [1.807, 2.05) is 0 Å². The van der Waals surface area contributed by atoms with E-state index in [2.05, 4.69) is 0 Å². The van der Waals surface area contributed by atoms with Crippen molar-refractivity contribution in [2.45, 2.75) is 18.9 Å². The van der Waals surface area contributed by atoms with Crippen LogP contribution in [-0.2, 0) is 16.4 Å². The zero-order valence-electron chi connectivity index (χ0n) is 12.9. The summed E-state index contributed by atoms with van der Waals surface area (Å²) in [6.45, 7) is 0. The zero-order chi connectivity index (χ0) is 17.5. The summed E-state index contributed by atoms with van der Waals surface area (Å²) in [5, 5.41) is 9.55. The van der Waals surface area contributed by atoms with Gasteiger partial charge in [0.15, 0.2) is 0 Å². The van der Waals surface area contributed by atoms with Crippen molar-refractivity contribution in [2.24, 2.45) is 0 Å². The van der Waals surface area contributed by atoms with E-state index >= 15 is 0 Å². The number of aryl methyl sites for hydroxylation is 1. The predicted molar refractivity (Wildman–Crippen MR) is 93.2 cm³/mol. The molecule has 0 saturated carbocycles. The first kappa shape index (κ1) is 16.8. The second kappa shape index (κ2) is 6.11. The summed E-state index contributed by atoms with van der Waals surface area (Å²) in [5.74, 6) is -1.04. The van der Waals surface area contributed by atoms with Gasteiger partial charge < -0.3 is 5.11 Å². The number of benzene rings is 2. The fourth-order valence-corrected chi connectivity index (χ4v) is 4.64. The maximum atomic E-state index is 12.5. The van der Waals surface area contributed by atoms with E-state index < -0.39 is 22.0 Å². The lowest BCUT2D eigenvalue weighted by Crippen LogP contribution is -2.33. The molecule has 0 bridgehead atoms. The van der Waals surface area contributed by atoms with Gasteiger partial charge in [-0.25, -0.2) is 13.2 Å². The summed E-state index contributed by atoms with van der Waals surface area (Å²) in [5.41, 5.74) is 2.24. The maximum absolute atomic E-state index is 12.5. The molecule has 2 aromatic rings. The Morgan fingerprint density at radius 1 is 1.25 bits per heavy atom. The molecule has 0 spiro atoms. The number of hydrogen-bond acceptors (Lipinski definition) is 3. The average molecular weight is 366 g/mol. The van der Waals surface area contributed by atoms with Crippen molar-refractivity contribution < 1.29 is 18.3 Å². The lowest BCUT2D eigenvalue weighted by atomic mass is 10.0. The molecule has 126 valence electrons. The van der Waals surface area contributed by atoms with E-state index in [1.165, 1.54) is 4.31 Å². The van der Waals surface area contributed by atoms with E-state index in [4.69, 9.17) is 11.6 Å². The number of sulfonamides is 1. The summed E-state index contributed by atoms with van der Waals surface area (Å²) in [6, 6.07) is 11.1. The lowest BCUT2D eigenvalue weighted by Gasteiger charge is -2.30. The highest BCUT2D eigenvalue weighted by Crippen LogP contribution is 2.42. The van der Waals surface area contributed by atoms with Gasteiger partial charge in [0.2, 0.25) is 10.0 Å². The average Bonchev–Trinajstić information content (AvgIpc) is 2.91. The molecule has 1 aliphatic carbocycles. The highest BCUT2D eigenvalue weighted by molar-refractivity contribution is 7.92. The molecule has 24 heavy (non-hydrogen) atoms. The van der Waals surface area contributed by atoms with Gasteiger partial charge in [-0.2, -0.15) is 0 Å². The van der Waals surface area contributed by atoms with Crippen LogP contribution in [0.3, 0.4) is 0 Å². The normalized spacial score (nSPS) is 16.7. The van der Waals surface area contributed by atoms with E-state index in [0.717, 1.165) is 17.4 Å². The number of carboxylic acid groups (broad SMARTS) is 1. The first-order chi connectivity index (χ1) is 11.3. The Bertz CT molecular complexity index is 911. The second-order valence-electron chi connectivity index (χ2n) is 5.78. The third kappa shape index (κ3) is 2.99. The molecular formula is C17H16ClNO4S. The van der Waals surface area contributed by atoms with Crippen molar-refractivity contribution in [1.29, 1.82) is 0 Å². The van der Waals surface area contributed by atoms with E-state index in [9.17, 15) is 18.3 Å². The number of rotatable bonds is 4. The molecule has 0 aliphatic heterocycles. The van der Waals surface area contributed by atoms with Gasteiger partial charge in [0, 0.05) is 0 Å². The number of nitrogens with zero attached hydrogens (tertiary/aromatic N) is 1. The minimum atomic E-state index is -3.60. The monoisotopic (exact) mass is 365 g/mol. The highest BCUT2D eigenvalue weighted by Gasteiger charge is 2.34. The number of para-hydroxylation sites is 1. The molecule has 0 saturated heterocycles. The minimum absolute atomic E-state index is 0.147. The van der Waals surface area contributed by atoms with Gasteiger partial charge in [0.1, 0.15) is 0 Å². The van der Waals surface area contributed by atoms with Gasteiger partial charge in [0.05, 0.1) is 28.6 Å². The van der Waals surface area contributed by atoms with Crippen LogP contribution in [0.25, 0.3) is 0 Å². The Hall–Kier alpha value is -2.05. The number of carbonyl (C=O) groups is 1. The van der Waals surface area contributed by atoms with Gasteiger partial charge >= 0.3 is 5.97 Å². The molecule has 0 radical (unpaired) electrons. The molecule has 3 rings (SSSR count). The summed E-state index contributed by atoms with van der Waals surface area (Å²) < 4.78 is 26.2. The van der Waals surface area contributed by atoms with Crippen LogP contribution < -0.4 is 4.31 Å². The Morgan fingerprint density at radius 2 is 1.96 bits per heavy atom. The van der Waals surface area contributed by atoms with Gasteiger partial charge in [-0.15, -0.1) is 0 Å². The summed E-state index contributed by atoms with van der Waals surface area (Å²) in [4.78, 5) is 11.2. The first-order valence-electron chi connectivity index (χ1n) is 7.39. The van der Waals surface area contributed by atoms with Crippen LogP contribution >= 0.6 is 11.6 Å². The molecule has 0 amide bonds. The van der Waals surface area contributed by atoms with Crippen LogP contribution in [-0.4, -0.2) is 25.7 Å². The SMILES string of the molecule is CS(=O)(=O)N(c1ccccc1Cl)C1CCc2ccc(C(=O)O)cc21. The molecule has 1 N–H and O–H groups in total. The van der Waals surface area contributed by atoms with Crippen molar-refractivity contribution in [3.05, 3.63) is 64.2 Å². The number of anilines is 1. The quantitative estimate of drug-likeness (QED) is 0.899. The third-order valence-corrected chi connectivity index (χ3v) is 5.65. The van der Waals surface area contributed by atoms with Crippen molar-refractivity contribution in [2.75, 3.05) is 10.6 Å². The number of carboxylic acids is 1. The third-order valence-electron chi connectivity index (χ3n) is 4.17. The Labute approximate surface area is 145 Å². The van der Waals surface area contributed by atoms with Crippen LogP contribution in [0.5, 0.6) is 0 Å². The smallest absolute Gasteiger partial charge is 0.335 e. The summed E-state index contributed by atoms with van der Waals surface area (Å²) in [6.07, 6.45) is 2.41. The van der Waals surface area contributed by atoms with Gasteiger partial charge in [-0.1, -0.05) is 29.8 Å². The molecule has 0 fully saturated rings. The van der Waals surface area contributed by atoms with E-state index in [1.54, 1.807) is 42.5 Å². The van der Waals surface area contributed by atoms with Crippen molar-refractivity contribution in [3.8, 4) is 0 Å². The first-order valence-corrected chi connectivity index (χ1v) is 9.61. The number of aromatic carboxylic acids is 1. The minimum Gasteiger partial charge on any atom is -0.478 e. The van der Waals surface area contributed by atoms with Crippen LogP contribution in [0, 0.1) is 0 Å². The molecule has 1 unspecified atom stereocenters. The lowest BCUT2D eigenvalue weighted by molar-refractivity contribution is 0.0696. The number of hydrogen-bond donors (Lipinski definition) is 1. The Balaban J connectivity index is 2.15. The fourth-order valence-electron chi connectivity index (χ4n) is 3.17. The topological polar surface area (TPSA) is 74.7 Å². The van der Waals surface area contributed by atoms with Crippen LogP contribution in [0.2, 0.25) is 5.02 Å². The maximum Gasteiger partial charge on any atom is 0.335 e. The van der Waals surface area contributed by atoms with Crippen molar-refractivity contribution >= 4 is 33.3 Å². The molecular weight excluding hydrogens is 350 g/mol. The molecule has 0 heterocycles. The molecule has 1 aliphatic rings. The summed E-state index contributed by atoms with van der Waals surface area (Å²) in [7, 11) is -3.60. The van der Waals surface area contributed by atoms with Crippen LogP contribution in [0.4, 0.5) is 5.69 Å². The van der Waals surface area contributed by atoms with E-state index in [-0.39, 0.29) is 5.56 Å².